The van der Waals surface area contributed by atoms with E-state index < -0.39 is 12.0 Å². The van der Waals surface area contributed by atoms with Gasteiger partial charge in [-0.3, -0.25) is 4.79 Å². The molecule has 0 aromatic carbocycles. The van der Waals surface area contributed by atoms with E-state index in [1.54, 1.807) is 0 Å². The molecule has 0 atom stereocenters. The maximum absolute atomic E-state index is 11.5. The molecule has 0 saturated carbocycles. The fourth-order valence-electron chi connectivity index (χ4n) is 0.937. The Labute approximate surface area is 96.5 Å². The summed E-state index contributed by atoms with van der Waals surface area (Å²) in [6.45, 7) is 0.136. The second-order valence-electron chi connectivity index (χ2n) is 2.87. The highest BCUT2D eigenvalue weighted by molar-refractivity contribution is 5.92. The summed E-state index contributed by atoms with van der Waals surface area (Å²) in [5, 5.41) is 9.71. The van der Waals surface area contributed by atoms with Crippen molar-refractivity contribution in [1.82, 2.24) is 15.5 Å². The molecule has 0 aliphatic carbocycles. The van der Waals surface area contributed by atoms with Crippen LogP contribution in [0.25, 0.3) is 0 Å². The maximum Gasteiger partial charge on any atom is 0.404 e. The number of hydrogen-bond donors (Lipinski definition) is 4. The number of nitrogens with zero attached hydrogens (tertiary/aromatic N) is 2. The summed E-state index contributed by atoms with van der Waals surface area (Å²) in [6, 6.07) is 2.95. The minimum absolute atomic E-state index is 0.00303. The second-order valence-corrected chi connectivity index (χ2v) is 2.87. The number of primary amides is 1. The third kappa shape index (κ3) is 4.30. The Morgan fingerprint density at radius 1 is 1.35 bits per heavy atom. The Morgan fingerprint density at radius 3 is 2.65 bits per heavy atom. The Balaban J connectivity index is 2.38. The van der Waals surface area contributed by atoms with Gasteiger partial charge in [0.05, 0.1) is 6.54 Å². The number of anilines is 1. The molecule has 0 aliphatic rings. The molecule has 92 valence electrons. The second kappa shape index (κ2) is 6.23. The smallest absolute Gasteiger partial charge is 0.404 e. The van der Waals surface area contributed by atoms with Gasteiger partial charge in [0.1, 0.15) is 6.61 Å². The summed E-state index contributed by atoms with van der Waals surface area (Å²) in [5.41, 5.74) is 7.15. The first-order valence-electron chi connectivity index (χ1n) is 4.64. The summed E-state index contributed by atoms with van der Waals surface area (Å²) in [5.74, 6) is 5.00. The van der Waals surface area contributed by atoms with E-state index in [0.29, 0.717) is 5.82 Å². The van der Waals surface area contributed by atoms with E-state index in [1.807, 2.05) is 0 Å². The molecule has 0 unspecified atom stereocenters. The quantitative estimate of drug-likeness (QED) is 0.281. The van der Waals surface area contributed by atoms with Crippen LogP contribution in [0, 0.1) is 0 Å². The highest BCUT2D eigenvalue weighted by atomic mass is 16.5. The van der Waals surface area contributed by atoms with E-state index in [4.69, 9.17) is 11.6 Å². The molecule has 0 fully saturated rings. The number of ether oxygens (including phenoxy) is 1. The molecule has 0 spiro atoms. The monoisotopic (exact) mass is 240 g/mol. The Bertz CT molecular complexity index is 393. The third-order valence-corrected chi connectivity index (χ3v) is 1.68. The van der Waals surface area contributed by atoms with Crippen LogP contribution in [0.3, 0.4) is 0 Å². The average Bonchev–Trinajstić information content (AvgIpc) is 2.34. The van der Waals surface area contributed by atoms with Gasteiger partial charge >= 0.3 is 6.09 Å². The maximum atomic E-state index is 11.5. The standard InChI is InChI=1S/C8H12N6O3/c9-8(16)17-4-3-11-7(15)5-1-2-6(12-10)14-13-5/h1-2H,3-4,10H2,(H2,9,16)(H,11,15)(H,12,14). The van der Waals surface area contributed by atoms with Crippen molar-refractivity contribution >= 4 is 17.8 Å². The molecule has 9 nitrogen and oxygen atoms in total. The highest BCUT2D eigenvalue weighted by Crippen LogP contribution is 1.99. The lowest BCUT2D eigenvalue weighted by Crippen LogP contribution is -2.29. The van der Waals surface area contributed by atoms with Crippen molar-refractivity contribution in [2.24, 2.45) is 11.6 Å². The summed E-state index contributed by atoms with van der Waals surface area (Å²) < 4.78 is 4.43. The molecule has 1 rings (SSSR count). The van der Waals surface area contributed by atoms with E-state index in [9.17, 15) is 9.59 Å². The van der Waals surface area contributed by atoms with Crippen molar-refractivity contribution in [3.05, 3.63) is 17.8 Å². The fourth-order valence-corrected chi connectivity index (χ4v) is 0.937. The number of rotatable bonds is 5. The molecular weight excluding hydrogens is 228 g/mol. The summed E-state index contributed by atoms with van der Waals surface area (Å²) >= 11 is 0. The molecule has 2 amide bonds. The van der Waals surface area contributed by atoms with Crippen LogP contribution in [0.1, 0.15) is 10.5 Å². The van der Waals surface area contributed by atoms with Crippen molar-refractivity contribution in [3.63, 3.8) is 0 Å². The number of aromatic nitrogens is 2. The van der Waals surface area contributed by atoms with Crippen molar-refractivity contribution in [1.29, 1.82) is 0 Å². The zero-order valence-electron chi connectivity index (χ0n) is 8.84. The molecule has 0 aliphatic heterocycles. The van der Waals surface area contributed by atoms with Crippen LogP contribution < -0.4 is 22.3 Å². The lowest BCUT2D eigenvalue weighted by Gasteiger charge is -2.04. The van der Waals surface area contributed by atoms with Gasteiger partial charge in [-0.2, -0.15) is 0 Å². The summed E-state index contributed by atoms with van der Waals surface area (Å²) in [6.07, 6.45) is -0.891. The molecule has 0 bridgehead atoms. The Kier molecular flexibility index (Phi) is 4.63. The first-order valence-corrected chi connectivity index (χ1v) is 4.64. The average molecular weight is 240 g/mol. The number of carbonyl (C=O) groups is 2. The lowest BCUT2D eigenvalue weighted by molar-refractivity contribution is 0.0931. The molecule has 6 N–H and O–H groups in total. The van der Waals surface area contributed by atoms with E-state index in [0.717, 1.165) is 0 Å². The molecular formula is C8H12N6O3. The minimum Gasteiger partial charge on any atom is -0.448 e. The Hall–Kier alpha value is -2.42. The predicted molar refractivity (Wildman–Crippen MR) is 57.7 cm³/mol. The van der Waals surface area contributed by atoms with Crippen LogP contribution in [0.15, 0.2) is 12.1 Å². The SMILES string of the molecule is NNc1ccc(C(=O)NCCOC(N)=O)nn1. The zero-order valence-corrected chi connectivity index (χ0v) is 8.84. The molecule has 0 saturated heterocycles. The number of nitrogens with one attached hydrogen (secondary N) is 2. The van der Waals surface area contributed by atoms with Gasteiger partial charge in [0.25, 0.3) is 5.91 Å². The molecule has 0 radical (unpaired) electrons. The van der Waals surface area contributed by atoms with Gasteiger partial charge in [-0.1, -0.05) is 0 Å². The molecule has 1 heterocycles. The van der Waals surface area contributed by atoms with Gasteiger partial charge in [-0.15, -0.1) is 10.2 Å². The number of hydrazine groups is 1. The van der Waals surface area contributed by atoms with Gasteiger partial charge in [-0.25, -0.2) is 10.6 Å². The first kappa shape index (κ1) is 12.6. The van der Waals surface area contributed by atoms with Crippen LogP contribution >= 0.6 is 0 Å². The number of carbonyl (C=O) groups excluding carboxylic acids is 2. The van der Waals surface area contributed by atoms with E-state index in [2.05, 4.69) is 25.7 Å². The minimum atomic E-state index is -0.891. The van der Waals surface area contributed by atoms with Crippen LogP contribution in [-0.2, 0) is 4.74 Å². The number of nitrogen functional groups attached to an aromatic ring is 1. The molecule has 1 aromatic heterocycles. The van der Waals surface area contributed by atoms with Gasteiger partial charge in [0.2, 0.25) is 0 Å². The molecule has 1 aromatic rings. The van der Waals surface area contributed by atoms with Crippen molar-refractivity contribution in [2.75, 3.05) is 18.6 Å². The van der Waals surface area contributed by atoms with Crippen molar-refractivity contribution in [2.45, 2.75) is 0 Å². The topological polar surface area (TPSA) is 145 Å². The molecule has 17 heavy (non-hydrogen) atoms. The Morgan fingerprint density at radius 2 is 2.12 bits per heavy atom. The molecule has 9 heteroatoms. The normalized spacial score (nSPS) is 9.47. The van der Waals surface area contributed by atoms with Crippen LogP contribution in [-0.4, -0.2) is 35.3 Å². The number of nitrogens with two attached hydrogens (primary N) is 2. The third-order valence-electron chi connectivity index (χ3n) is 1.68. The zero-order chi connectivity index (χ0) is 12.7. The van der Waals surface area contributed by atoms with Gasteiger partial charge in [0.15, 0.2) is 11.5 Å². The van der Waals surface area contributed by atoms with Crippen LogP contribution in [0.5, 0.6) is 0 Å². The number of amides is 2. The van der Waals surface area contributed by atoms with Crippen molar-refractivity contribution < 1.29 is 14.3 Å². The van der Waals surface area contributed by atoms with E-state index in [-0.39, 0.29) is 18.8 Å². The largest absolute Gasteiger partial charge is 0.448 e. The van der Waals surface area contributed by atoms with Gasteiger partial charge in [-0.05, 0) is 12.1 Å². The first-order chi connectivity index (χ1) is 8.13. The van der Waals surface area contributed by atoms with Crippen molar-refractivity contribution in [3.8, 4) is 0 Å². The van der Waals surface area contributed by atoms with Gasteiger partial charge in [0, 0.05) is 0 Å². The fraction of sp³-hybridized carbons (Fsp3) is 0.250. The van der Waals surface area contributed by atoms with Crippen LogP contribution in [0.2, 0.25) is 0 Å². The highest BCUT2D eigenvalue weighted by Gasteiger charge is 2.07. The predicted octanol–water partition coefficient (Wildman–Crippen LogP) is -1.41. The number of hydrogen-bond acceptors (Lipinski definition) is 7. The van der Waals surface area contributed by atoms with Gasteiger partial charge < -0.3 is 21.2 Å². The summed E-state index contributed by atoms with van der Waals surface area (Å²) in [7, 11) is 0. The lowest BCUT2D eigenvalue weighted by atomic mass is 10.3. The van der Waals surface area contributed by atoms with Crippen LogP contribution in [0.4, 0.5) is 10.6 Å². The van der Waals surface area contributed by atoms with E-state index >= 15 is 0 Å². The van der Waals surface area contributed by atoms with E-state index in [1.165, 1.54) is 12.1 Å². The summed E-state index contributed by atoms with van der Waals surface area (Å²) in [4.78, 5) is 21.7.